The number of rotatable bonds is 9. The maximum absolute atomic E-state index is 12.4. The Kier molecular flexibility index (Phi) is 7.73. The van der Waals surface area contributed by atoms with Crippen LogP contribution in [0.3, 0.4) is 0 Å². The predicted octanol–water partition coefficient (Wildman–Crippen LogP) is 2.33. The van der Waals surface area contributed by atoms with E-state index in [0.29, 0.717) is 18.7 Å². The highest BCUT2D eigenvalue weighted by Gasteiger charge is 2.20. The first kappa shape index (κ1) is 18.6. The number of hydrogen-bond donors (Lipinski definition) is 0. The zero-order chi connectivity index (χ0) is 17.2. The first-order valence-corrected chi connectivity index (χ1v) is 7.65. The molecule has 0 unspecified atom stereocenters. The van der Waals surface area contributed by atoms with Gasteiger partial charge in [-0.1, -0.05) is 25.1 Å². The number of carbonyl (C=O) groups excluding carboxylic acids is 2. The van der Waals surface area contributed by atoms with E-state index in [0.717, 1.165) is 6.42 Å². The largest absolute Gasteiger partial charge is 0.466 e. The van der Waals surface area contributed by atoms with Gasteiger partial charge in [-0.15, -0.1) is 0 Å². The molecule has 0 aliphatic rings. The highest BCUT2D eigenvalue weighted by Crippen LogP contribution is 2.19. The Labute approximate surface area is 135 Å². The first-order chi connectivity index (χ1) is 11.0. The number of nitrogens with zero attached hydrogens (tertiary/aromatic N) is 2. The Morgan fingerprint density at radius 2 is 1.91 bits per heavy atom. The number of ether oxygens (including phenoxy) is 1. The molecule has 0 heterocycles. The topological polar surface area (TPSA) is 89.8 Å². The normalized spacial score (nSPS) is 10.2. The lowest BCUT2D eigenvalue weighted by Crippen LogP contribution is -2.35. The molecule has 1 aromatic carbocycles. The molecule has 23 heavy (non-hydrogen) atoms. The van der Waals surface area contributed by atoms with Crippen LogP contribution in [-0.4, -0.2) is 41.4 Å². The van der Waals surface area contributed by atoms with Gasteiger partial charge in [-0.25, -0.2) is 0 Å². The Bertz CT molecular complexity index is 559. The number of para-hydroxylation sites is 1. The molecule has 126 valence electrons. The SMILES string of the molecule is CCCN(CCC(=O)OCC)C(=O)Cc1ccccc1[N+](=O)[O-]. The maximum Gasteiger partial charge on any atom is 0.307 e. The van der Waals surface area contributed by atoms with Crippen LogP contribution >= 0.6 is 0 Å². The van der Waals surface area contributed by atoms with E-state index >= 15 is 0 Å². The van der Waals surface area contributed by atoms with Crippen LogP contribution in [0.5, 0.6) is 0 Å². The second-order valence-corrected chi connectivity index (χ2v) is 5.00. The lowest BCUT2D eigenvalue weighted by molar-refractivity contribution is -0.385. The standard InChI is InChI=1S/C16H22N2O5/c1-3-10-17(11-9-16(20)23-4-2)15(19)12-13-7-5-6-8-14(13)18(21)22/h5-8H,3-4,9-12H2,1-2H3. The summed E-state index contributed by atoms with van der Waals surface area (Å²) in [5, 5.41) is 11.0. The number of hydrogen-bond acceptors (Lipinski definition) is 5. The van der Waals surface area contributed by atoms with E-state index in [2.05, 4.69) is 0 Å². The lowest BCUT2D eigenvalue weighted by Gasteiger charge is -2.21. The van der Waals surface area contributed by atoms with Crippen molar-refractivity contribution < 1.29 is 19.2 Å². The zero-order valence-electron chi connectivity index (χ0n) is 13.5. The van der Waals surface area contributed by atoms with Gasteiger partial charge < -0.3 is 9.64 Å². The van der Waals surface area contributed by atoms with Crippen molar-refractivity contribution >= 4 is 17.6 Å². The van der Waals surface area contributed by atoms with E-state index in [9.17, 15) is 19.7 Å². The van der Waals surface area contributed by atoms with E-state index in [4.69, 9.17) is 4.74 Å². The van der Waals surface area contributed by atoms with E-state index in [-0.39, 0.29) is 37.0 Å². The van der Waals surface area contributed by atoms with E-state index < -0.39 is 4.92 Å². The van der Waals surface area contributed by atoms with Crippen LogP contribution < -0.4 is 0 Å². The average Bonchev–Trinajstić information content (AvgIpc) is 2.51. The second-order valence-electron chi connectivity index (χ2n) is 5.00. The van der Waals surface area contributed by atoms with E-state index in [1.165, 1.54) is 6.07 Å². The molecule has 0 atom stereocenters. The van der Waals surface area contributed by atoms with Gasteiger partial charge in [0.25, 0.3) is 5.69 Å². The van der Waals surface area contributed by atoms with Gasteiger partial charge in [0.15, 0.2) is 0 Å². The minimum atomic E-state index is -0.495. The summed E-state index contributed by atoms with van der Waals surface area (Å²) in [5.74, 6) is -0.586. The third-order valence-corrected chi connectivity index (χ3v) is 3.27. The number of amides is 1. The quantitative estimate of drug-likeness (QED) is 0.395. The van der Waals surface area contributed by atoms with Gasteiger partial charge in [0.2, 0.25) is 5.91 Å². The molecule has 0 saturated carbocycles. The number of carbonyl (C=O) groups is 2. The second kappa shape index (κ2) is 9.55. The van der Waals surface area contributed by atoms with E-state index in [1.54, 1.807) is 30.0 Å². The van der Waals surface area contributed by atoms with Crippen LogP contribution in [0.25, 0.3) is 0 Å². The Hall–Kier alpha value is -2.44. The molecule has 1 amide bonds. The zero-order valence-corrected chi connectivity index (χ0v) is 13.5. The van der Waals surface area contributed by atoms with Crippen LogP contribution in [0.15, 0.2) is 24.3 Å². The molecule has 0 fully saturated rings. The number of esters is 1. The van der Waals surface area contributed by atoms with Gasteiger partial charge in [-0.2, -0.15) is 0 Å². The maximum atomic E-state index is 12.4. The average molecular weight is 322 g/mol. The number of benzene rings is 1. The summed E-state index contributed by atoms with van der Waals surface area (Å²) < 4.78 is 4.85. The molecule has 0 N–H and O–H groups in total. The number of nitro groups is 1. The predicted molar refractivity (Wildman–Crippen MR) is 84.9 cm³/mol. The van der Waals surface area contributed by atoms with Crippen LogP contribution in [0.2, 0.25) is 0 Å². The van der Waals surface area contributed by atoms with Crippen molar-refractivity contribution in [2.24, 2.45) is 0 Å². The van der Waals surface area contributed by atoms with Gasteiger partial charge >= 0.3 is 5.97 Å². The summed E-state index contributed by atoms with van der Waals surface area (Å²) >= 11 is 0. The minimum Gasteiger partial charge on any atom is -0.466 e. The molecule has 0 bridgehead atoms. The van der Waals surface area contributed by atoms with Crippen LogP contribution in [0.4, 0.5) is 5.69 Å². The summed E-state index contributed by atoms with van der Waals surface area (Å²) in [7, 11) is 0. The van der Waals surface area contributed by atoms with Gasteiger partial charge in [-0.05, 0) is 13.3 Å². The smallest absolute Gasteiger partial charge is 0.307 e. The Balaban J connectivity index is 2.74. The molecule has 0 aromatic heterocycles. The third-order valence-electron chi connectivity index (χ3n) is 3.27. The summed E-state index contributed by atoms with van der Waals surface area (Å²) in [4.78, 5) is 35.9. The first-order valence-electron chi connectivity index (χ1n) is 7.65. The van der Waals surface area contributed by atoms with Crippen molar-refractivity contribution in [3.63, 3.8) is 0 Å². The molecule has 0 radical (unpaired) electrons. The molecule has 0 aliphatic heterocycles. The van der Waals surface area contributed by atoms with E-state index in [1.807, 2.05) is 6.92 Å². The van der Waals surface area contributed by atoms with Crippen LogP contribution in [0.1, 0.15) is 32.3 Å². The molecule has 7 heteroatoms. The molecule has 1 aromatic rings. The fourth-order valence-corrected chi connectivity index (χ4v) is 2.20. The van der Waals surface area contributed by atoms with Gasteiger partial charge in [0.1, 0.15) is 0 Å². The molecule has 0 saturated heterocycles. The lowest BCUT2D eigenvalue weighted by atomic mass is 10.1. The van der Waals surface area contributed by atoms with Gasteiger partial charge in [0.05, 0.1) is 24.4 Å². The summed E-state index contributed by atoms with van der Waals surface area (Å²) in [5.41, 5.74) is 0.308. The number of nitro benzene ring substituents is 1. The monoisotopic (exact) mass is 322 g/mol. The van der Waals surface area contributed by atoms with Crippen molar-refractivity contribution in [3.8, 4) is 0 Å². The van der Waals surface area contributed by atoms with Crippen LogP contribution in [0, 0.1) is 10.1 Å². The fraction of sp³-hybridized carbons (Fsp3) is 0.500. The molecular weight excluding hydrogens is 300 g/mol. The molecule has 0 aliphatic carbocycles. The molecule has 7 nitrogen and oxygen atoms in total. The highest BCUT2D eigenvalue weighted by atomic mass is 16.6. The Morgan fingerprint density at radius 3 is 2.52 bits per heavy atom. The summed E-state index contributed by atoms with van der Waals surface area (Å²) in [6.07, 6.45) is 0.807. The van der Waals surface area contributed by atoms with Crippen molar-refractivity contribution in [1.29, 1.82) is 0 Å². The van der Waals surface area contributed by atoms with Gasteiger partial charge in [0, 0.05) is 24.7 Å². The molecule has 0 spiro atoms. The fourth-order valence-electron chi connectivity index (χ4n) is 2.20. The Morgan fingerprint density at radius 1 is 1.22 bits per heavy atom. The third kappa shape index (κ3) is 6.06. The van der Waals surface area contributed by atoms with Gasteiger partial charge in [-0.3, -0.25) is 19.7 Å². The summed E-state index contributed by atoms with van der Waals surface area (Å²) in [6.45, 7) is 4.71. The van der Waals surface area contributed by atoms with Crippen molar-refractivity contribution in [2.45, 2.75) is 33.1 Å². The van der Waals surface area contributed by atoms with Crippen molar-refractivity contribution in [1.82, 2.24) is 4.90 Å². The van der Waals surface area contributed by atoms with Crippen molar-refractivity contribution in [3.05, 3.63) is 39.9 Å². The summed E-state index contributed by atoms with van der Waals surface area (Å²) in [6, 6.07) is 6.19. The molecule has 1 rings (SSSR count). The minimum absolute atomic E-state index is 0.0556. The highest BCUT2D eigenvalue weighted by molar-refractivity contribution is 5.80. The van der Waals surface area contributed by atoms with Crippen molar-refractivity contribution in [2.75, 3.05) is 19.7 Å². The molecular formula is C16H22N2O5. The van der Waals surface area contributed by atoms with Crippen LogP contribution in [-0.2, 0) is 20.7 Å².